The Morgan fingerprint density at radius 2 is 1.33 bits per heavy atom. The molecule has 0 aliphatic rings. The molecule has 0 N–H and O–H groups in total. The van der Waals surface area contributed by atoms with Crippen molar-refractivity contribution in [3.05, 3.63) is 35.1 Å². The van der Waals surface area contributed by atoms with E-state index in [2.05, 4.69) is 0 Å². The zero-order valence-corrected chi connectivity index (χ0v) is 7.50. The molecule has 0 aliphatic heterocycles. The molecule has 15 heavy (non-hydrogen) atoms. The minimum absolute atomic E-state index is 0.176. The van der Waals surface area contributed by atoms with Gasteiger partial charge in [-0.1, -0.05) is 0 Å². The lowest BCUT2D eigenvalue weighted by molar-refractivity contribution is -0.138. The second kappa shape index (κ2) is 3.43. The summed E-state index contributed by atoms with van der Waals surface area (Å²) < 4.78 is 74.4. The maximum absolute atomic E-state index is 12.7. The van der Waals surface area contributed by atoms with Gasteiger partial charge in [0.2, 0.25) is 0 Å². The smallest absolute Gasteiger partial charge is 0.207 e. The molecule has 84 valence electrons. The van der Waals surface area contributed by atoms with Gasteiger partial charge in [-0.25, -0.2) is 13.2 Å². The van der Waals surface area contributed by atoms with Gasteiger partial charge in [-0.05, 0) is 18.2 Å². The fourth-order valence-electron chi connectivity index (χ4n) is 1.01. The lowest BCUT2D eigenvalue weighted by atomic mass is 10.1. The van der Waals surface area contributed by atoms with E-state index >= 15 is 0 Å². The zero-order chi connectivity index (χ0) is 11.9. The molecular formula is C9H6F6. The van der Waals surface area contributed by atoms with Crippen molar-refractivity contribution in [2.45, 2.75) is 19.0 Å². The Bertz CT molecular complexity index is 328. The van der Waals surface area contributed by atoms with Crippen LogP contribution in [0.15, 0.2) is 18.2 Å². The molecule has 0 atom stereocenters. The molecule has 0 aliphatic carbocycles. The van der Waals surface area contributed by atoms with Crippen LogP contribution in [0.4, 0.5) is 26.3 Å². The van der Waals surface area contributed by atoms with Crippen LogP contribution >= 0.6 is 0 Å². The predicted octanol–water partition coefficient (Wildman–Crippen LogP) is 3.96. The van der Waals surface area contributed by atoms with Gasteiger partial charge in [0.05, 0.1) is 5.56 Å². The van der Waals surface area contributed by atoms with Crippen molar-refractivity contribution in [3.63, 3.8) is 0 Å². The van der Waals surface area contributed by atoms with Crippen LogP contribution in [0.25, 0.3) is 0 Å². The molecule has 0 fully saturated rings. The average molecular weight is 228 g/mol. The number of hydrogen-bond acceptors (Lipinski definition) is 0. The normalized spacial score (nSPS) is 13.0. The van der Waals surface area contributed by atoms with Crippen LogP contribution < -0.4 is 0 Å². The summed E-state index contributed by atoms with van der Waals surface area (Å²) in [5, 5.41) is 0. The predicted molar refractivity (Wildman–Crippen MR) is 41.0 cm³/mol. The lowest BCUT2D eigenvalue weighted by Gasteiger charge is -2.13. The Morgan fingerprint density at radius 1 is 0.867 bits per heavy atom. The summed E-state index contributed by atoms with van der Waals surface area (Å²) in [6.45, 7) is 0.405. The summed E-state index contributed by atoms with van der Waals surface area (Å²) in [6, 6.07) is 0.799. The molecule has 0 bridgehead atoms. The van der Waals surface area contributed by atoms with Crippen molar-refractivity contribution in [1.82, 2.24) is 0 Å². The van der Waals surface area contributed by atoms with Crippen LogP contribution in [0.1, 0.15) is 18.1 Å². The van der Waals surface area contributed by atoms with Gasteiger partial charge in [0, 0.05) is 12.5 Å². The van der Waals surface area contributed by atoms with Gasteiger partial charge in [-0.2, -0.15) is 13.2 Å². The summed E-state index contributed by atoms with van der Waals surface area (Å²) in [5.74, 6) is -4.83. The van der Waals surface area contributed by atoms with E-state index in [0.717, 1.165) is 0 Å². The van der Waals surface area contributed by atoms with E-state index in [1.54, 1.807) is 0 Å². The van der Waals surface area contributed by atoms with Gasteiger partial charge in [-0.15, -0.1) is 0 Å². The highest BCUT2D eigenvalue weighted by Gasteiger charge is 2.34. The molecule has 0 unspecified atom stereocenters. The van der Waals surface area contributed by atoms with Crippen molar-refractivity contribution in [1.29, 1.82) is 0 Å². The van der Waals surface area contributed by atoms with Crippen LogP contribution in [-0.4, -0.2) is 0 Å². The van der Waals surface area contributed by atoms with Gasteiger partial charge >= 0.3 is 6.18 Å². The third-order valence-corrected chi connectivity index (χ3v) is 1.73. The Balaban J connectivity index is 3.30. The lowest BCUT2D eigenvalue weighted by Crippen LogP contribution is -2.12. The highest BCUT2D eigenvalue weighted by Crippen LogP contribution is 2.34. The average Bonchev–Trinajstić information content (AvgIpc) is 1.99. The molecule has 0 radical (unpaired) electrons. The fraction of sp³-hybridized carbons (Fsp3) is 0.333. The maximum Gasteiger partial charge on any atom is 0.416 e. The first-order valence-corrected chi connectivity index (χ1v) is 3.87. The summed E-state index contributed by atoms with van der Waals surface area (Å²) in [6.07, 6.45) is -4.83. The minimum atomic E-state index is -4.83. The number of alkyl halides is 5. The number of hydrogen-bond donors (Lipinski definition) is 0. The first-order chi connectivity index (χ1) is 6.60. The summed E-state index contributed by atoms with van der Waals surface area (Å²) in [4.78, 5) is 0. The van der Waals surface area contributed by atoms with E-state index < -0.39 is 29.0 Å². The largest absolute Gasteiger partial charge is 0.416 e. The van der Waals surface area contributed by atoms with E-state index in [9.17, 15) is 26.3 Å². The molecule has 1 aromatic carbocycles. The zero-order valence-electron chi connectivity index (χ0n) is 7.50. The fourth-order valence-corrected chi connectivity index (χ4v) is 1.01. The molecule has 0 heterocycles. The standard InChI is InChI=1S/C9H6F6/c1-8(11,12)5-2-6(9(13,14)15)4-7(10)3-5/h2-4H,1H3. The van der Waals surface area contributed by atoms with E-state index in [0.29, 0.717) is 13.0 Å². The molecule has 0 saturated heterocycles. The highest BCUT2D eigenvalue weighted by atomic mass is 19.4. The molecule has 6 heteroatoms. The quantitative estimate of drug-likeness (QED) is 0.638. The SMILES string of the molecule is CC(F)(F)c1cc(F)cc(C(F)(F)F)c1. The van der Waals surface area contributed by atoms with Crippen molar-refractivity contribution in [3.8, 4) is 0 Å². The third-order valence-electron chi connectivity index (χ3n) is 1.73. The summed E-state index contributed by atoms with van der Waals surface area (Å²) in [7, 11) is 0. The molecule has 1 rings (SSSR count). The number of halogens is 6. The molecule has 1 aromatic rings. The first-order valence-electron chi connectivity index (χ1n) is 3.87. The molecule has 0 amide bonds. The topological polar surface area (TPSA) is 0 Å². The van der Waals surface area contributed by atoms with Crippen LogP contribution in [0.5, 0.6) is 0 Å². The highest BCUT2D eigenvalue weighted by molar-refractivity contribution is 5.29. The first kappa shape index (κ1) is 11.9. The Labute approximate surface area is 81.5 Å². The maximum atomic E-state index is 12.7. The molecule has 0 nitrogen and oxygen atoms in total. The van der Waals surface area contributed by atoms with Crippen LogP contribution in [0, 0.1) is 5.82 Å². The van der Waals surface area contributed by atoms with Gasteiger partial charge < -0.3 is 0 Å². The van der Waals surface area contributed by atoms with E-state index in [1.807, 2.05) is 0 Å². The van der Waals surface area contributed by atoms with Crippen LogP contribution in [0.2, 0.25) is 0 Å². The third kappa shape index (κ3) is 2.87. The molecule has 0 saturated carbocycles. The molecule has 0 aromatic heterocycles. The van der Waals surface area contributed by atoms with Crippen LogP contribution in [0.3, 0.4) is 0 Å². The summed E-state index contributed by atoms with van der Waals surface area (Å²) >= 11 is 0. The number of benzene rings is 1. The number of rotatable bonds is 1. The molecule has 0 spiro atoms. The monoisotopic (exact) mass is 228 g/mol. The Hall–Kier alpha value is -1.20. The minimum Gasteiger partial charge on any atom is -0.207 e. The Kier molecular flexibility index (Phi) is 2.71. The van der Waals surface area contributed by atoms with Crippen molar-refractivity contribution in [2.75, 3.05) is 0 Å². The van der Waals surface area contributed by atoms with Crippen molar-refractivity contribution >= 4 is 0 Å². The van der Waals surface area contributed by atoms with Crippen molar-refractivity contribution in [2.24, 2.45) is 0 Å². The Morgan fingerprint density at radius 3 is 1.73 bits per heavy atom. The van der Waals surface area contributed by atoms with E-state index in [4.69, 9.17) is 0 Å². The molecular weight excluding hydrogens is 222 g/mol. The van der Waals surface area contributed by atoms with Gasteiger partial charge in [0.25, 0.3) is 5.92 Å². The van der Waals surface area contributed by atoms with Gasteiger partial charge in [0.1, 0.15) is 5.82 Å². The second-order valence-electron chi connectivity index (χ2n) is 3.11. The second-order valence-corrected chi connectivity index (χ2v) is 3.11. The summed E-state index contributed by atoms with van der Waals surface area (Å²) in [5.41, 5.74) is -2.41. The van der Waals surface area contributed by atoms with Gasteiger partial charge in [0.15, 0.2) is 0 Å². The van der Waals surface area contributed by atoms with Crippen LogP contribution in [-0.2, 0) is 12.1 Å². The van der Waals surface area contributed by atoms with Gasteiger partial charge in [-0.3, -0.25) is 0 Å². The van der Waals surface area contributed by atoms with E-state index in [1.165, 1.54) is 0 Å². The van der Waals surface area contributed by atoms with E-state index in [-0.39, 0.29) is 12.1 Å². The van der Waals surface area contributed by atoms with Crippen molar-refractivity contribution < 1.29 is 26.3 Å².